The molecule has 0 aliphatic heterocycles. The average Bonchev–Trinajstić information content (AvgIpc) is 2.52. The fraction of sp³-hybridized carbons (Fsp3) is 0.316. The van der Waals surface area contributed by atoms with E-state index >= 15 is 0 Å². The van der Waals surface area contributed by atoms with Crippen molar-refractivity contribution in [1.82, 2.24) is 0 Å². The number of alkyl halides is 3. The van der Waals surface area contributed by atoms with E-state index in [4.69, 9.17) is 4.74 Å². The summed E-state index contributed by atoms with van der Waals surface area (Å²) in [4.78, 5) is 12.0. The van der Waals surface area contributed by atoms with Gasteiger partial charge in [0.1, 0.15) is 5.75 Å². The first-order valence-corrected chi connectivity index (χ1v) is 7.77. The SMILES string of the molecule is CC(C)(C)c1ccccc1OCC(=O)Nc1ccccc1C(F)(F)F. The van der Waals surface area contributed by atoms with Gasteiger partial charge in [0.15, 0.2) is 6.61 Å². The van der Waals surface area contributed by atoms with Gasteiger partial charge in [-0.3, -0.25) is 4.79 Å². The van der Waals surface area contributed by atoms with Crippen LogP contribution in [0.4, 0.5) is 18.9 Å². The number of amides is 1. The summed E-state index contributed by atoms with van der Waals surface area (Å²) in [6.07, 6.45) is -4.54. The molecule has 0 atom stereocenters. The number of ether oxygens (including phenoxy) is 1. The second-order valence-corrected chi connectivity index (χ2v) is 6.63. The first kappa shape index (κ1) is 18.8. The number of hydrogen-bond acceptors (Lipinski definition) is 2. The first-order chi connectivity index (χ1) is 11.6. The lowest BCUT2D eigenvalue weighted by Gasteiger charge is -2.22. The summed E-state index contributed by atoms with van der Waals surface area (Å²) < 4.78 is 44.4. The zero-order valence-corrected chi connectivity index (χ0v) is 14.3. The van der Waals surface area contributed by atoms with E-state index in [1.807, 2.05) is 32.9 Å². The Morgan fingerprint density at radius 3 is 2.12 bits per heavy atom. The van der Waals surface area contributed by atoms with Crippen LogP contribution in [-0.4, -0.2) is 12.5 Å². The Morgan fingerprint density at radius 1 is 0.960 bits per heavy atom. The Bertz CT molecular complexity index is 749. The lowest BCUT2D eigenvalue weighted by atomic mass is 9.86. The summed E-state index contributed by atoms with van der Waals surface area (Å²) in [6, 6.07) is 12.1. The van der Waals surface area contributed by atoms with E-state index in [0.717, 1.165) is 11.6 Å². The first-order valence-electron chi connectivity index (χ1n) is 7.77. The van der Waals surface area contributed by atoms with E-state index in [2.05, 4.69) is 5.32 Å². The van der Waals surface area contributed by atoms with Crippen molar-refractivity contribution in [2.75, 3.05) is 11.9 Å². The molecule has 6 heteroatoms. The molecule has 1 amide bonds. The van der Waals surface area contributed by atoms with E-state index in [-0.39, 0.29) is 17.7 Å². The van der Waals surface area contributed by atoms with Crippen LogP contribution >= 0.6 is 0 Å². The normalized spacial score (nSPS) is 11.9. The highest BCUT2D eigenvalue weighted by molar-refractivity contribution is 5.92. The lowest BCUT2D eigenvalue weighted by Crippen LogP contribution is -2.23. The molecule has 0 aromatic heterocycles. The molecule has 0 saturated heterocycles. The number of hydrogen-bond donors (Lipinski definition) is 1. The van der Waals surface area contributed by atoms with Crippen molar-refractivity contribution in [2.24, 2.45) is 0 Å². The van der Waals surface area contributed by atoms with Crippen molar-refractivity contribution in [3.05, 3.63) is 59.7 Å². The summed E-state index contributed by atoms with van der Waals surface area (Å²) in [5.74, 6) is -0.116. The van der Waals surface area contributed by atoms with Gasteiger partial charge in [-0.15, -0.1) is 0 Å². The van der Waals surface area contributed by atoms with Gasteiger partial charge in [0.2, 0.25) is 0 Å². The third-order valence-corrected chi connectivity index (χ3v) is 3.56. The molecule has 0 fully saturated rings. The fourth-order valence-electron chi connectivity index (χ4n) is 2.38. The molecule has 25 heavy (non-hydrogen) atoms. The maximum absolute atomic E-state index is 13.0. The third kappa shape index (κ3) is 4.98. The van der Waals surface area contributed by atoms with Gasteiger partial charge < -0.3 is 10.1 Å². The van der Waals surface area contributed by atoms with Gasteiger partial charge in [0, 0.05) is 0 Å². The van der Waals surface area contributed by atoms with Gasteiger partial charge >= 0.3 is 6.18 Å². The van der Waals surface area contributed by atoms with Gasteiger partial charge in [0.25, 0.3) is 5.91 Å². The molecular weight excluding hydrogens is 331 g/mol. The number of nitrogens with one attached hydrogen (secondary N) is 1. The van der Waals surface area contributed by atoms with E-state index in [0.29, 0.717) is 5.75 Å². The molecule has 0 heterocycles. The van der Waals surface area contributed by atoms with Crippen molar-refractivity contribution >= 4 is 11.6 Å². The zero-order valence-electron chi connectivity index (χ0n) is 14.3. The van der Waals surface area contributed by atoms with Crippen molar-refractivity contribution in [1.29, 1.82) is 0 Å². The predicted octanol–water partition coefficient (Wildman–Crippen LogP) is 5.02. The van der Waals surface area contributed by atoms with E-state index in [1.54, 1.807) is 12.1 Å². The summed E-state index contributed by atoms with van der Waals surface area (Å²) in [7, 11) is 0. The number of rotatable bonds is 4. The molecule has 1 N–H and O–H groups in total. The number of benzene rings is 2. The van der Waals surface area contributed by atoms with Crippen LogP contribution in [-0.2, 0) is 16.4 Å². The Labute approximate surface area is 144 Å². The fourth-order valence-corrected chi connectivity index (χ4v) is 2.38. The minimum absolute atomic E-state index is 0.185. The Kier molecular flexibility index (Phi) is 5.40. The highest BCUT2D eigenvalue weighted by Crippen LogP contribution is 2.34. The molecule has 0 bridgehead atoms. The van der Waals surface area contributed by atoms with Gasteiger partial charge in [-0.25, -0.2) is 0 Å². The molecule has 2 aromatic rings. The summed E-state index contributed by atoms with van der Waals surface area (Å²) in [5.41, 5.74) is -0.444. The van der Waals surface area contributed by atoms with E-state index in [1.165, 1.54) is 18.2 Å². The maximum atomic E-state index is 13.0. The molecule has 0 radical (unpaired) electrons. The van der Waals surface area contributed by atoms with Gasteiger partial charge in [-0.2, -0.15) is 13.2 Å². The molecular formula is C19H20F3NO2. The van der Waals surface area contributed by atoms with Crippen LogP contribution in [0.15, 0.2) is 48.5 Å². The van der Waals surface area contributed by atoms with Crippen LogP contribution in [0.1, 0.15) is 31.9 Å². The summed E-state index contributed by atoms with van der Waals surface area (Å²) in [6.45, 7) is 5.65. The minimum atomic E-state index is -4.54. The van der Waals surface area contributed by atoms with Crippen molar-refractivity contribution in [3.8, 4) is 5.75 Å². The standard InChI is InChI=1S/C19H20F3NO2/c1-18(2,3)14-9-5-7-11-16(14)25-12-17(24)23-15-10-6-4-8-13(15)19(20,21)22/h4-11H,12H2,1-3H3,(H,23,24). The van der Waals surface area contributed by atoms with Crippen LogP contribution in [0.25, 0.3) is 0 Å². The van der Waals surface area contributed by atoms with Gasteiger partial charge in [-0.05, 0) is 29.2 Å². The number of para-hydroxylation sites is 2. The van der Waals surface area contributed by atoms with Crippen LogP contribution in [0, 0.1) is 0 Å². The number of carbonyl (C=O) groups is 1. The number of halogens is 3. The largest absolute Gasteiger partial charge is 0.483 e. The lowest BCUT2D eigenvalue weighted by molar-refractivity contribution is -0.137. The third-order valence-electron chi connectivity index (χ3n) is 3.56. The van der Waals surface area contributed by atoms with Crippen LogP contribution in [0.2, 0.25) is 0 Å². The molecule has 134 valence electrons. The Hall–Kier alpha value is -2.50. The second kappa shape index (κ2) is 7.17. The zero-order chi connectivity index (χ0) is 18.7. The molecule has 0 saturated carbocycles. The molecule has 0 spiro atoms. The molecule has 0 aliphatic carbocycles. The Balaban J connectivity index is 2.09. The van der Waals surface area contributed by atoms with Crippen molar-refractivity contribution in [2.45, 2.75) is 32.4 Å². The van der Waals surface area contributed by atoms with E-state index < -0.39 is 17.6 Å². The molecule has 0 aliphatic rings. The highest BCUT2D eigenvalue weighted by Gasteiger charge is 2.33. The average molecular weight is 351 g/mol. The summed E-state index contributed by atoms with van der Waals surface area (Å²) in [5, 5.41) is 2.26. The minimum Gasteiger partial charge on any atom is -0.483 e. The maximum Gasteiger partial charge on any atom is 0.418 e. The molecule has 2 aromatic carbocycles. The number of carbonyl (C=O) groups excluding carboxylic acids is 1. The Morgan fingerprint density at radius 2 is 1.52 bits per heavy atom. The second-order valence-electron chi connectivity index (χ2n) is 6.63. The highest BCUT2D eigenvalue weighted by atomic mass is 19.4. The van der Waals surface area contributed by atoms with Crippen molar-refractivity contribution in [3.63, 3.8) is 0 Å². The quantitative estimate of drug-likeness (QED) is 0.840. The van der Waals surface area contributed by atoms with Gasteiger partial charge in [-0.1, -0.05) is 51.1 Å². The monoisotopic (exact) mass is 351 g/mol. The van der Waals surface area contributed by atoms with Crippen LogP contribution in [0.5, 0.6) is 5.75 Å². The van der Waals surface area contributed by atoms with Crippen LogP contribution < -0.4 is 10.1 Å². The molecule has 0 unspecified atom stereocenters. The smallest absolute Gasteiger partial charge is 0.418 e. The van der Waals surface area contributed by atoms with Crippen LogP contribution in [0.3, 0.4) is 0 Å². The number of anilines is 1. The predicted molar refractivity (Wildman–Crippen MR) is 90.7 cm³/mol. The van der Waals surface area contributed by atoms with E-state index in [9.17, 15) is 18.0 Å². The topological polar surface area (TPSA) is 38.3 Å². The summed E-state index contributed by atoms with van der Waals surface area (Å²) >= 11 is 0. The molecule has 3 nitrogen and oxygen atoms in total. The van der Waals surface area contributed by atoms with Gasteiger partial charge in [0.05, 0.1) is 11.3 Å². The van der Waals surface area contributed by atoms with Crippen molar-refractivity contribution < 1.29 is 22.7 Å². The molecule has 2 rings (SSSR count).